The monoisotopic (exact) mass is 452 g/mol. The Balaban J connectivity index is 1.83. The molecule has 0 spiro atoms. The second-order valence-electron chi connectivity index (χ2n) is 8.99. The van der Waals surface area contributed by atoms with Crippen LogP contribution in [0.1, 0.15) is 49.9 Å². The lowest BCUT2D eigenvalue weighted by molar-refractivity contribution is -0.122. The maximum Gasteiger partial charge on any atom is 0.223 e. The Morgan fingerprint density at radius 2 is 2.00 bits per heavy atom. The lowest BCUT2D eigenvalue weighted by Crippen LogP contribution is -2.56. The van der Waals surface area contributed by atoms with Crippen LogP contribution < -0.4 is 15.0 Å². The quantitative estimate of drug-likeness (QED) is 0.633. The number of aromatic nitrogens is 2. The van der Waals surface area contributed by atoms with Gasteiger partial charge in [-0.15, -0.1) is 0 Å². The fourth-order valence-corrected chi connectivity index (χ4v) is 4.68. The highest BCUT2D eigenvalue weighted by Gasteiger charge is 2.44. The van der Waals surface area contributed by atoms with Crippen molar-refractivity contribution in [3.63, 3.8) is 0 Å². The van der Waals surface area contributed by atoms with Crippen LogP contribution in [0.25, 0.3) is 0 Å². The molecule has 1 aromatic heterocycles. The first-order chi connectivity index (χ1) is 14.5. The minimum atomic E-state index is -3.59. The van der Waals surface area contributed by atoms with E-state index >= 15 is 0 Å². The third-order valence-electron chi connectivity index (χ3n) is 6.39. The minimum Gasteiger partial charge on any atom is -0.486 e. The average Bonchev–Trinajstić information content (AvgIpc) is 3.10. The molecule has 4 heterocycles. The Morgan fingerprint density at radius 1 is 1.26 bits per heavy atom. The molecule has 1 aromatic rings. The van der Waals surface area contributed by atoms with E-state index in [1.54, 1.807) is 13.8 Å². The number of sulfone groups is 1. The predicted molar refractivity (Wildman–Crippen MR) is 112 cm³/mol. The van der Waals surface area contributed by atoms with Gasteiger partial charge in [-0.05, 0) is 27.2 Å². The van der Waals surface area contributed by atoms with E-state index < -0.39 is 26.3 Å². The molecule has 4 rings (SSSR count). The number of Topliss-reactive ketones (excluding diaryl/α,β-unsaturated/α-hetero) is 1. The van der Waals surface area contributed by atoms with Gasteiger partial charge in [0.25, 0.3) is 0 Å². The molecular weight excluding hydrogens is 424 g/mol. The first kappa shape index (κ1) is 21.9. The van der Waals surface area contributed by atoms with E-state index in [1.807, 2.05) is 11.8 Å². The molecule has 11 heteroatoms. The van der Waals surface area contributed by atoms with Gasteiger partial charge in [-0.3, -0.25) is 9.59 Å². The normalized spacial score (nSPS) is 26.0. The summed E-state index contributed by atoms with van der Waals surface area (Å²) in [6, 6.07) is -0.127. The topological polar surface area (TPSA) is 128 Å². The van der Waals surface area contributed by atoms with Gasteiger partial charge in [-0.1, -0.05) is 0 Å². The maximum atomic E-state index is 13.1. The Labute approximate surface area is 181 Å². The molecule has 31 heavy (non-hydrogen) atoms. The largest absolute Gasteiger partial charge is 0.486 e. The molecule has 0 saturated carbocycles. The number of fused-ring (bicyclic) bond motifs is 3. The SMILES string of the molecule is C[C@@H]1COC[C@H]2COc3c(nc(C(=O)C[C@H]4CCNC4=O)nc3C(C)(C)S(C)(=O)=O)N21. The van der Waals surface area contributed by atoms with Crippen molar-refractivity contribution in [1.82, 2.24) is 15.3 Å². The van der Waals surface area contributed by atoms with Gasteiger partial charge in [0.1, 0.15) is 17.0 Å². The van der Waals surface area contributed by atoms with Crippen LogP contribution in [-0.4, -0.2) is 74.8 Å². The molecule has 10 nitrogen and oxygen atoms in total. The number of anilines is 1. The maximum absolute atomic E-state index is 13.1. The second-order valence-corrected chi connectivity index (χ2v) is 11.6. The van der Waals surface area contributed by atoms with Crippen LogP contribution in [0.5, 0.6) is 5.75 Å². The molecule has 0 aromatic carbocycles. The number of hydrogen-bond acceptors (Lipinski definition) is 9. The van der Waals surface area contributed by atoms with Gasteiger partial charge in [0, 0.05) is 25.1 Å². The van der Waals surface area contributed by atoms with Gasteiger partial charge in [0.05, 0.1) is 25.3 Å². The molecule has 0 bridgehead atoms. The number of morpholine rings is 1. The van der Waals surface area contributed by atoms with E-state index in [0.29, 0.717) is 38.6 Å². The standard InChI is InChI=1S/C20H28N4O6S/c1-11-8-29-9-13-10-30-15-16(20(2,3)31(4,27)28)22-17(23-18(15)24(11)13)14(25)7-12-5-6-21-19(12)26/h11-13H,5-10H2,1-4H3,(H,21,26)/t11-,12-,13+/m1/s1. The summed E-state index contributed by atoms with van der Waals surface area (Å²) in [6.07, 6.45) is 1.68. The summed E-state index contributed by atoms with van der Waals surface area (Å²) in [5.74, 6) is -0.367. The molecular formula is C20H28N4O6S. The summed E-state index contributed by atoms with van der Waals surface area (Å²) in [7, 11) is -3.59. The molecule has 0 aliphatic carbocycles. The molecule has 0 unspecified atom stereocenters. The third-order valence-corrected chi connectivity index (χ3v) is 8.44. The van der Waals surface area contributed by atoms with Gasteiger partial charge in [0.15, 0.2) is 27.2 Å². The van der Waals surface area contributed by atoms with E-state index in [0.717, 1.165) is 6.26 Å². The van der Waals surface area contributed by atoms with Crippen LogP contribution in [0.15, 0.2) is 0 Å². The van der Waals surface area contributed by atoms with Crippen LogP contribution >= 0.6 is 0 Å². The van der Waals surface area contributed by atoms with Crippen molar-refractivity contribution in [3.05, 3.63) is 11.5 Å². The Hall–Kier alpha value is -2.27. The van der Waals surface area contributed by atoms with E-state index in [4.69, 9.17) is 9.47 Å². The van der Waals surface area contributed by atoms with E-state index in [2.05, 4.69) is 15.3 Å². The number of rotatable bonds is 5. The fraction of sp³-hybridized carbons (Fsp3) is 0.700. The van der Waals surface area contributed by atoms with Crippen LogP contribution in [0.3, 0.4) is 0 Å². The van der Waals surface area contributed by atoms with E-state index in [1.165, 1.54) is 0 Å². The summed E-state index contributed by atoms with van der Waals surface area (Å²) in [6.45, 7) is 6.84. The number of nitrogens with one attached hydrogen (secondary N) is 1. The van der Waals surface area contributed by atoms with Gasteiger partial charge < -0.3 is 19.7 Å². The zero-order valence-electron chi connectivity index (χ0n) is 18.2. The smallest absolute Gasteiger partial charge is 0.223 e. The molecule has 170 valence electrons. The molecule has 3 atom stereocenters. The second kappa shape index (κ2) is 7.70. The van der Waals surface area contributed by atoms with Crippen LogP contribution in [0.2, 0.25) is 0 Å². The fourth-order valence-electron chi connectivity index (χ4n) is 4.19. The highest BCUT2D eigenvalue weighted by Crippen LogP contribution is 2.43. The number of nitrogens with zero attached hydrogens (tertiary/aromatic N) is 3. The van der Waals surface area contributed by atoms with E-state index in [-0.39, 0.29) is 41.7 Å². The lowest BCUT2D eigenvalue weighted by Gasteiger charge is -2.45. The Bertz CT molecular complexity index is 1020. The zero-order chi connectivity index (χ0) is 22.6. The molecule has 3 aliphatic heterocycles. The van der Waals surface area contributed by atoms with Crippen molar-refractivity contribution in [1.29, 1.82) is 0 Å². The Morgan fingerprint density at radius 3 is 2.65 bits per heavy atom. The number of carbonyl (C=O) groups is 2. The number of amides is 1. The molecule has 2 fully saturated rings. The average molecular weight is 453 g/mol. The summed E-state index contributed by atoms with van der Waals surface area (Å²) in [5, 5.41) is 2.72. The lowest BCUT2D eigenvalue weighted by atomic mass is 10.00. The molecule has 1 N–H and O–H groups in total. The first-order valence-electron chi connectivity index (χ1n) is 10.4. The molecule has 1 amide bonds. The van der Waals surface area contributed by atoms with Gasteiger partial charge in [-0.25, -0.2) is 18.4 Å². The summed E-state index contributed by atoms with van der Waals surface area (Å²) in [4.78, 5) is 36.0. The van der Waals surface area contributed by atoms with Gasteiger partial charge in [0.2, 0.25) is 11.7 Å². The number of hydrogen-bond donors (Lipinski definition) is 1. The van der Waals surface area contributed by atoms with E-state index in [9.17, 15) is 18.0 Å². The van der Waals surface area contributed by atoms with Gasteiger partial charge in [-0.2, -0.15) is 0 Å². The van der Waals surface area contributed by atoms with Crippen molar-refractivity contribution in [2.24, 2.45) is 5.92 Å². The Kier molecular flexibility index (Phi) is 5.45. The molecule has 3 aliphatic rings. The summed E-state index contributed by atoms with van der Waals surface area (Å²) < 4.78 is 35.4. The van der Waals surface area contributed by atoms with Crippen molar-refractivity contribution in [3.8, 4) is 5.75 Å². The van der Waals surface area contributed by atoms with Crippen LogP contribution in [0, 0.1) is 5.92 Å². The highest BCUT2D eigenvalue weighted by molar-refractivity contribution is 7.91. The number of carbonyl (C=O) groups excluding carboxylic acids is 2. The third kappa shape index (κ3) is 3.78. The first-order valence-corrected chi connectivity index (χ1v) is 12.3. The zero-order valence-corrected chi connectivity index (χ0v) is 19.0. The van der Waals surface area contributed by atoms with Gasteiger partial charge >= 0.3 is 0 Å². The summed E-state index contributed by atoms with van der Waals surface area (Å²) in [5.41, 5.74) is 0.163. The number of ketones is 1. The summed E-state index contributed by atoms with van der Waals surface area (Å²) >= 11 is 0. The van der Waals surface area contributed by atoms with Crippen LogP contribution in [-0.2, 0) is 24.1 Å². The van der Waals surface area contributed by atoms with Crippen molar-refractivity contribution >= 4 is 27.3 Å². The minimum absolute atomic E-state index is 0.0215. The molecule has 2 saturated heterocycles. The highest BCUT2D eigenvalue weighted by atomic mass is 32.2. The number of ether oxygens (including phenoxy) is 2. The molecule has 0 radical (unpaired) electrons. The van der Waals surface area contributed by atoms with Crippen molar-refractivity contribution in [2.75, 3.05) is 37.5 Å². The van der Waals surface area contributed by atoms with Crippen LogP contribution in [0.4, 0.5) is 5.82 Å². The van der Waals surface area contributed by atoms with Crippen molar-refractivity contribution in [2.45, 2.75) is 50.4 Å². The van der Waals surface area contributed by atoms with Crippen molar-refractivity contribution < 1.29 is 27.5 Å². The predicted octanol–water partition coefficient (Wildman–Crippen LogP) is 0.451.